The predicted octanol–water partition coefficient (Wildman–Crippen LogP) is 5.67. The van der Waals surface area contributed by atoms with Gasteiger partial charge in [0.05, 0.1) is 42.1 Å². The van der Waals surface area contributed by atoms with Gasteiger partial charge >= 0.3 is 0 Å². The SMILES string of the molecule is Cc1nc(N[C@H](C)c2cccc(C#N)c2C)c2cc(N3CCC4(CC3)COC4)c(Br)cc2n1. The van der Waals surface area contributed by atoms with Crippen LogP contribution in [0.25, 0.3) is 10.9 Å². The number of halogens is 1. The molecule has 170 valence electrons. The highest BCUT2D eigenvalue weighted by atomic mass is 79.9. The van der Waals surface area contributed by atoms with Gasteiger partial charge in [-0.25, -0.2) is 9.97 Å². The summed E-state index contributed by atoms with van der Waals surface area (Å²) in [7, 11) is 0. The van der Waals surface area contributed by atoms with E-state index in [0.717, 1.165) is 64.4 Å². The van der Waals surface area contributed by atoms with Gasteiger partial charge in [-0.2, -0.15) is 5.26 Å². The van der Waals surface area contributed by atoms with E-state index < -0.39 is 0 Å². The molecule has 0 bridgehead atoms. The highest BCUT2D eigenvalue weighted by Gasteiger charge is 2.41. The minimum Gasteiger partial charge on any atom is -0.380 e. The zero-order chi connectivity index (χ0) is 23.2. The van der Waals surface area contributed by atoms with Crippen molar-refractivity contribution in [1.82, 2.24) is 9.97 Å². The lowest BCUT2D eigenvalue weighted by atomic mass is 9.77. The molecule has 2 fully saturated rings. The molecule has 0 saturated carbocycles. The van der Waals surface area contributed by atoms with E-state index in [1.807, 2.05) is 26.0 Å². The monoisotopic (exact) mass is 505 g/mol. The summed E-state index contributed by atoms with van der Waals surface area (Å²) < 4.78 is 6.55. The summed E-state index contributed by atoms with van der Waals surface area (Å²) in [4.78, 5) is 11.9. The summed E-state index contributed by atoms with van der Waals surface area (Å²) in [5.74, 6) is 1.55. The van der Waals surface area contributed by atoms with Crippen molar-refractivity contribution in [3.63, 3.8) is 0 Å². The summed E-state index contributed by atoms with van der Waals surface area (Å²) in [6.07, 6.45) is 2.33. The summed E-state index contributed by atoms with van der Waals surface area (Å²) in [6.45, 7) is 9.90. The number of piperidine rings is 1. The lowest BCUT2D eigenvalue weighted by Crippen LogP contribution is -2.51. The molecule has 0 radical (unpaired) electrons. The second kappa shape index (κ2) is 8.58. The molecule has 6 nitrogen and oxygen atoms in total. The van der Waals surface area contributed by atoms with E-state index in [-0.39, 0.29) is 6.04 Å². The number of rotatable bonds is 4. The second-order valence-electron chi connectivity index (χ2n) is 9.42. The van der Waals surface area contributed by atoms with Crippen LogP contribution in [0.2, 0.25) is 0 Å². The van der Waals surface area contributed by atoms with Gasteiger partial charge < -0.3 is 15.0 Å². The average Bonchev–Trinajstić information content (AvgIpc) is 2.77. The van der Waals surface area contributed by atoms with Crippen LogP contribution >= 0.6 is 15.9 Å². The fourth-order valence-electron chi connectivity index (χ4n) is 5.04. The molecule has 3 heterocycles. The molecule has 7 heteroatoms. The van der Waals surface area contributed by atoms with Crippen molar-refractivity contribution in [3.05, 3.63) is 57.3 Å². The molecule has 1 aromatic heterocycles. The largest absolute Gasteiger partial charge is 0.380 e. The maximum atomic E-state index is 9.42. The molecule has 2 aliphatic heterocycles. The molecule has 3 aromatic rings. The van der Waals surface area contributed by atoms with Gasteiger partial charge in [0.15, 0.2) is 0 Å². The molecule has 1 spiro atoms. The van der Waals surface area contributed by atoms with Gasteiger partial charge in [0, 0.05) is 28.4 Å². The fraction of sp³-hybridized carbons (Fsp3) is 0.423. The smallest absolute Gasteiger partial charge is 0.138 e. The first-order valence-corrected chi connectivity index (χ1v) is 12.3. The molecule has 33 heavy (non-hydrogen) atoms. The lowest BCUT2D eigenvalue weighted by Gasteiger charge is -2.48. The number of nitrogens with one attached hydrogen (secondary N) is 1. The molecule has 1 atom stereocenters. The zero-order valence-electron chi connectivity index (χ0n) is 19.3. The van der Waals surface area contributed by atoms with Crippen LogP contribution in [-0.2, 0) is 4.74 Å². The number of hydrogen-bond donors (Lipinski definition) is 1. The minimum atomic E-state index is -0.00337. The Hall–Kier alpha value is -2.69. The van der Waals surface area contributed by atoms with Crippen LogP contribution in [0.3, 0.4) is 0 Å². The predicted molar refractivity (Wildman–Crippen MR) is 135 cm³/mol. The number of aryl methyl sites for hydroxylation is 1. The van der Waals surface area contributed by atoms with Crippen molar-refractivity contribution < 1.29 is 4.74 Å². The third-order valence-corrected chi connectivity index (χ3v) is 7.81. The van der Waals surface area contributed by atoms with Crippen LogP contribution in [-0.4, -0.2) is 36.3 Å². The molecule has 2 saturated heterocycles. The van der Waals surface area contributed by atoms with Crippen LogP contribution < -0.4 is 10.2 Å². The Morgan fingerprint density at radius 1 is 1.18 bits per heavy atom. The van der Waals surface area contributed by atoms with Crippen molar-refractivity contribution in [3.8, 4) is 6.07 Å². The van der Waals surface area contributed by atoms with E-state index in [0.29, 0.717) is 11.0 Å². The number of anilines is 2. The van der Waals surface area contributed by atoms with Crippen molar-refractivity contribution in [1.29, 1.82) is 5.26 Å². The highest BCUT2D eigenvalue weighted by Crippen LogP contribution is 2.42. The Balaban J connectivity index is 1.48. The standard InChI is InChI=1S/C26H28BrN5O/c1-16-19(13-28)5-4-6-20(16)17(2)29-25-21-11-24(22(27)12-23(21)30-18(3)31-25)32-9-7-26(8-10-32)14-33-15-26/h4-6,11-12,17H,7-10,14-15H2,1-3H3,(H,29,30,31)/t17-/m1/s1. The number of hydrogen-bond acceptors (Lipinski definition) is 6. The van der Waals surface area contributed by atoms with Crippen molar-refractivity contribution in [2.45, 2.75) is 39.7 Å². The normalized spacial score (nSPS) is 18.1. The molecule has 2 aliphatic rings. The Morgan fingerprint density at radius 3 is 2.61 bits per heavy atom. The number of nitrogens with zero attached hydrogens (tertiary/aromatic N) is 4. The van der Waals surface area contributed by atoms with Crippen molar-refractivity contribution >= 4 is 38.3 Å². The van der Waals surface area contributed by atoms with Crippen LogP contribution in [0.15, 0.2) is 34.8 Å². The Morgan fingerprint density at radius 2 is 1.94 bits per heavy atom. The fourth-order valence-corrected chi connectivity index (χ4v) is 5.62. The number of benzene rings is 2. The second-order valence-corrected chi connectivity index (χ2v) is 10.3. The number of ether oxygens (including phenoxy) is 1. The van der Waals surface area contributed by atoms with Crippen LogP contribution in [0.1, 0.15) is 48.3 Å². The molecule has 1 N–H and O–H groups in total. The maximum Gasteiger partial charge on any atom is 0.138 e. The third-order valence-electron chi connectivity index (χ3n) is 7.17. The van der Waals surface area contributed by atoms with E-state index in [1.165, 1.54) is 18.5 Å². The molecule has 0 aliphatic carbocycles. The number of nitriles is 1. The molecular weight excluding hydrogens is 478 g/mol. The van der Waals surface area contributed by atoms with Gasteiger partial charge in [-0.05, 0) is 78.9 Å². The summed E-state index contributed by atoms with van der Waals surface area (Å²) in [6, 6.07) is 12.5. The van der Waals surface area contributed by atoms with Crippen LogP contribution in [0, 0.1) is 30.6 Å². The Bertz CT molecular complexity index is 1250. The highest BCUT2D eigenvalue weighted by molar-refractivity contribution is 9.10. The van der Waals surface area contributed by atoms with Gasteiger partial charge in [0.25, 0.3) is 0 Å². The first kappa shape index (κ1) is 22.1. The van der Waals surface area contributed by atoms with Crippen LogP contribution in [0.4, 0.5) is 11.5 Å². The van der Waals surface area contributed by atoms with Crippen LogP contribution in [0.5, 0.6) is 0 Å². The van der Waals surface area contributed by atoms with E-state index in [1.54, 1.807) is 0 Å². The molecule has 5 rings (SSSR count). The van der Waals surface area contributed by atoms with E-state index >= 15 is 0 Å². The summed E-state index contributed by atoms with van der Waals surface area (Å²) in [5.41, 5.74) is 5.30. The molecule has 2 aromatic carbocycles. The topological polar surface area (TPSA) is 74.1 Å². The maximum absolute atomic E-state index is 9.42. The number of aromatic nitrogens is 2. The average molecular weight is 506 g/mol. The van der Waals surface area contributed by atoms with E-state index in [4.69, 9.17) is 14.7 Å². The minimum absolute atomic E-state index is 0.00337. The molecule has 0 unspecified atom stereocenters. The van der Waals surface area contributed by atoms with Gasteiger partial charge in [0.1, 0.15) is 11.6 Å². The van der Waals surface area contributed by atoms with E-state index in [2.05, 4.69) is 57.3 Å². The van der Waals surface area contributed by atoms with Crippen molar-refractivity contribution in [2.75, 3.05) is 36.5 Å². The zero-order valence-corrected chi connectivity index (χ0v) is 20.9. The van der Waals surface area contributed by atoms with E-state index in [9.17, 15) is 5.26 Å². The molecule has 0 amide bonds. The van der Waals surface area contributed by atoms with Gasteiger partial charge in [-0.15, -0.1) is 0 Å². The molecular formula is C26H28BrN5O. The number of fused-ring (bicyclic) bond motifs is 1. The van der Waals surface area contributed by atoms with Crippen molar-refractivity contribution in [2.24, 2.45) is 5.41 Å². The van der Waals surface area contributed by atoms with Gasteiger partial charge in [-0.1, -0.05) is 12.1 Å². The van der Waals surface area contributed by atoms with Gasteiger partial charge in [-0.3, -0.25) is 0 Å². The quantitative estimate of drug-likeness (QED) is 0.492. The lowest BCUT2D eigenvalue weighted by molar-refractivity contribution is -0.124. The summed E-state index contributed by atoms with van der Waals surface area (Å²) in [5, 5.41) is 14.0. The Kier molecular flexibility index (Phi) is 5.75. The Labute approximate surface area is 203 Å². The first-order valence-electron chi connectivity index (χ1n) is 11.5. The first-order chi connectivity index (χ1) is 15.9. The summed E-state index contributed by atoms with van der Waals surface area (Å²) >= 11 is 3.80. The third kappa shape index (κ3) is 4.07. The van der Waals surface area contributed by atoms with Gasteiger partial charge in [0.2, 0.25) is 0 Å².